The minimum absolute atomic E-state index is 0.561. The molecule has 0 aromatic heterocycles. The number of hydrazone groups is 1. The Hall–Kier alpha value is -1.72. The molecule has 2 aromatic carbocycles. The monoisotopic (exact) mass is 396 g/mol. The van der Waals surface area contributed by atoms with E-state index in [1.807, 2.05) is 43.3 Å². The minimum Gasteiger partial charge on any atom is -0.492 e. The van der Waals surface area contributed by atoms with Gasteiger partial charge in [-0.2, -0.15) is 5.10 Å². The Bertz CT molecular complexity index is 692. The Morgan fingerprint density at radius 1 is 1.30 bits per heavy atom. The number of hydrogen-bond donors (Lipinski definition) is 1. The van der Waals surface area contributed by atoms with Crippen molar-refractivity contribution >= 4 is 33.7 Å². The largest absolute Gasteiger partial charge is 0.492 e. The van der Waals surface area contributed by atoms with Crippen LogP contribution in [0.1, 0.15) is 18.1 Å². The Morgan fingerprint density at radius 2 is 2.09 bits per heavy atom. The van der Waals surface area contributed by atoms with Crippen LogP contribution in [0.25, 0.3) is 0 Å². The lowest BCUT2D eigenvalue weighted by Crippen LogP contribution is -2.06. The average molecular weight is 398 g/mol. The zero-order valence-corrected chi connectivity index (χ0v) is 15.3. The van der Waals surface area contributed by atoms with Crippen molar-refractivity contribution in [1.29, 1.82) is 0 Å². The summed E-state index contributed by atoms with van der Waals surface area (Å²) >= 11 is 9.58. The molecule has 0 unspecified atom stereocenters. The molecule has 2 rings (SSSR count). The lowest BCUT2D eigenvalue weighted by Gasteiger charge is -2.11. The number of hydrogen-bond acceptors (Lipinski definition) is 4. The standard InChI is InChI=1S/C17H18BrClN2O2/c1-3-23-16-9-12(8-14(18)17(16)22-2)10-20-21-11-13-6-4-5-7-15(13)19/h4-10,21H,3,11H2,1-2H3/b20-10-. The van der Waals surface area contributed by atoms with Gasteiger partial charge in [0.15, 0.2) is 11.5 Å². The fourth-order valence-electron chi connectivity index (χ4n) is 2.02. The summed E-state index contributed by atoms with van der Waals surface area (Å²) in [6.45, 7) is 3.05. The first-order valence-corrected chi connectivity index (χ1v) is 8.32. The summed E-state index contributed by atoms with van der Waals surface area (Å²) in [5.74, 6) is 1.35. The van der Waals surface area contributed by atoms with Crippen LogP contribution >= 0.6 is 27.5 Å². The van der Waals surface area contributed by atoms with Crippen molar-refractivity contribution < 1.29 is 9.47 Å². The lowest BCUT2D eigenvalue weighted by atomic mass is 10.2. The minimum atomic E-state index is 0.561. The first-order chi connectivity index (χ1) is 11.2. The van der Waals surface area contributed by atoms with Crippen LogP contribution in [0.3, 0.4) is 0 Å². The number of rotatable bonds is 7. The second-order valence-corrected chi connectivity index (χ2v) is 5.91. The maximum absolute atomic E-state index is 6.10. The van der Waals surface area contributed by atoms with Crippen molar-refractivity contribution in [3.63, 3.8) is 0 Å². The molecule has 0 atom stereocenters. The normalized spacial score (nSPS) is 10.8. The highest BCUT2D eigenvalue weighted by molar-refractivity contribution is 9.10. The van der Waals surface area contributed by atoms with Crippen LogP contribution in [-0.4, -0.2) is 19.9 Å². The van der Waals surface area contributed by atoms with Crippen LogP contribution < -0.4 is 14.9 Å². The van der Waals surface area contributed by atoms with E-state index in [1.54, 1.807) is 13.3 Å². The highest BCUT2D eigenvalue weighted by Crippen LogP contribution is 2.36. The molecule has 0 heterocycles. The van der Waals surface area contributed by atoms with Gasteiger partial charge in [-0.1, -0.05) is 29.8 Å². The van der Waals surface area contributed by atoms with Crippen molar-refractivity contribution in [3.05, 3.63) is 57.0 Å². The average Bonchev–Trinajstić information content (AvgIpc) is 2.53. The van der Waals surface area contributed by atoms with E-state index < -0.39 is 0 Å². The van der Waals surface area contributed by atoms with E-state index >= 15 is 0 Å². The van der Waals surface area contributed by atoms with Gasteiger partial charge in [0.25, 0.3) is 0 Å². The molecule has 0 saturated carbocycles. The van der Waals surface area contributed by atoms with Crippen LogP contribution in [0.4, 0.5) is 0 Å². The molecule has 6 heteroatoms. The van der Waals surface area contributed by atoms with Crippen LogP contribution in [-0.2, 0) is 6.54 Å². The summed E-state index contributed by atoms with van der Waals surface area (Å²) in [6.07, 6.45) is 1.73. The lowest BCUT2D eigenvalue weighted by molar-refractivity contribution is 0.310. The molecule has 0 saturated heterocycles. The fraction of sp³-hybridized carbons (Fsp3) is 0.235. The number of nitrogens with one attached hydrogen (secondary N) is 1. The third kappa shape index (κ3) is 4.88. The van der Waals surface area contributed by atoms with Crippen molar-refractivity contribution in [3.8, 4) is 11.5 Å². The van der Waals surface area contributed by atoms with Gasteiger partial charge in [-0.25, -0.2) is 0 Å². The van der Waals surface area contributed by atoms with E-state index in [1.165, 1.54) is 0 Å². The number of nitrogens with zero attached hydrogens (tertiary/aromatic N) is 1. The van der Waals surface area contributed by atoms with Gasteiger partial charge >= 0.3 is 0 Å². The topological polar surface area (TPSA) is 42.8 Å². The zero-order chi connectivity index (χ0) is 16.7. The molecule has 23 heavy (non-hydrogen) atoms. The van der Waals surface area contributed by atoms with E-state index in [-0.39, 0.29) is 0 Å². The molecule has 4 nitrogen and oxygen atoms in total. The summed E-state index contributed by atoms with van der Waals surface area (Å²) in [5, 5.41) is 4.95. The van der Waals surface area contributed by atoms with Gasteiger partial charge in [0, 0.05) is 5.02 Å². The molecular formula is C17H18BrClN2O2. The molecule has 0 fully saturated rings. The molecule has 0 amide bonds. The van der Waals surface area contributed by atoms with Gasteiger partial charge in [-0.15, -0.1) is 0 Å². The SMILES string of the molecule is CCOc1cc(/C=N\NCc2ccccc2Cl)cc(Br)c1OC. The third-order valence-corrected chi connectivity index (χ3v) is 4.03. The van der Waals surface area contributed by atoms with E-state index in [9.17, 15) is 0 Å². The molecule has 0 aliphatic rings. The van der Waals surface area contributed by atoms with Gasteiger partial charge in [0.1, 0.15) is 0 Å². The predicted molar refractivity (Wildman–Crippen MR) is 97.7 cm³/mol. The quantitative estimate of drug-likeness (QED) is 0.547. The second-order valence-electron chi connectivity index (χ2n) is 4.65. The highest BCUT2D eigenvalue weighted by atomic mass is 79.9. The zero-order valence-electron chi connectivity index (χ0n) is 13.0. The van der Waals surface area contributed by atoms with Crippen LogP contribution in [0, 0.1) is 0 Å². The van der Waals surface area contributed by atoms with Crippen LogP contribution in [0.15, 0.2) is 46.0 Å². The van der Waals surface area contributed by atoms with E-state index in [0.717, 1.165) is 20.6 Å². The van der Waals surface area contributed by atoms with Crippen molar-refractivity contribution in [1.82, 2.24) is 5.43 Å². The molecule has 0 bridgehead atoms. The molecule has 0 aliphatic carbocycles. The van der Waals surface area contributed by atoms with E-state index in [2.05, 4.69) is 26.5 Å². The Labute approximate surface area is 149 Å². The van der Waals surface area contributed by atoms with Gasteiger partial charge < -0.3 is 14.9 Å². The number of ether oxygens (including phenoxy) is 2. The molecule has 0 spiro atoms. The van der Waals surface area contributed by atoms with Crippen LogP contribution in [0.5, 0.6) is 11.5 Å². The molecule has 2 aromatic rings. The van der Waals surface area contributed by atoms with Crippen LogP contribution in [0.2, 0.25) is 5.02 Å². The van der Waals surface area contributed by atoms with E-state index in [4.69, 9.17) is 21.1 Å². The summed E-state index contributed by atoms with van der Waals surface area (Å²) in [4.78, 5) is 0. The molecule has 0 aliphatic heterocycles. The van der Waals surface area contributed by atoms with E-state index in [0.29, 0.717) is 24.7 Å². The summed E-state index contributed by atoms with van der Waals surface area (Å²) in [6, 6.07) is 11.5. The predicted octanol–water partition coefficient (Wildman–Crippen LogP) is 4.63. The number of methoxy groups -OCH3 is 1. The molecule has 122 valence electrons. The summed E-state index contributed by atoms with van der Waals surface area (Å²) < 4.78 is 11.7. The smallest absolute Gasteiger partial charge is 0.174 e. The first-order valence-electron chi connectivity index (χ1n) is 7.15. The second kappa shape index (κ2) is 8.79. The van der Waals surface area contributed by atoms with Gasteiger partial charge in [0.2, 0.25) is 0 Å². The highest BCUT2D eigenvalue weighted by Gasteiger charge is 2.10. The maximum atomic E-state index is 6.10. The number of halogens is 2. The van der Waals surface area contributed by atoms with Gasteiger partial charge in [0.05, 0.1) is 30.9 Å². The first kappa shape index (κ1) is 17.6. The van der Waals surface area contributed by atoms with Crippen molar-refractivity contribution in [2.75, 3.05) is 13.7 Å². The Balaban J connectivity index is 2.06. The molecular weight excluding hydrogens is 380 g/mol. The third-order valence-electron chi connectivity index (χ3n) is 3.07. The fourth-order valence-corrected chi connectivity index (χ4v) is 2.84. The summed E-state index contributed by atoms with van der Waals surface area (Å²) in [7, 11) is 1.61. The van der Waals surface area contributed by atoms with Crippen molar-refractivity contribution in [2.24, 2.45) is 5.10 Å². The van der Waals surface area contributed by atoms with Gasteiger partial charge in [-0.3, -0.25) is 0 Å². The molecule has 0 radical (unpaired) electrons. The Morgan fingerprint density at radius 3 is 2.78 bits per heavy atom. The van der Waals surface area contributed by atoms with Crippen molar-refractivity contribution in [2.45, 2.75) is 13.5 Å². The maximum Gasteiger partial charge on any atom is 0.174 e. The Kier molecular flexibility index (Phi) is 6.74. The molecule has 1 N–H and O–H groups in total. The number of benzene rings is 2. The summed E-state index contributed by atoms with van der Waals surface area (Å²) in [5.41, 5.74) is 4.88. The van der Waals surface area contributed by atoms with Gasteiger partial charge in [-0.05, 0) is 52.2 Å².